The second-order valence-corrected chi connectivity index (χ2v) is 4.75. The monoisotopic (exact) mass is 261 g/mol. The zero-order valence-electron chi connectivity index (χ0n) is 11.6. The van der Waals surface area contributed by atoms with Crippen LogP contribution in [-0.2, 0) is 4.79 Å². The van der Waals surface area contributed by atoms with E-state index in [2.05, 4.69) is 0 Å². The summed E-state index contributed by atoms with van der Waals surface area (Å²) in [4.78, 5) is 25.5. The molecular formula is C15H19NO3. The Morgan fingerprint density at radius 1 is 1.32 bits per heavy atom. The average molecular weight is 261 g/mol. The molecule has 1 aliphatic heterocycles. The molecule has 0 bridgehead atoms. The highest BCUT2D eigenvalue weighted by Gasteiger charge is 2.27. The average Bonchev–Trinajstić information content (AvgIpc) is 2.44. The Morgan fingerprint density at radius 3 is 2.68 bits per heavy atom. The van der Waals surface area contributed by atoms with E-state index >= 15 is 0 Å². The number of ketones is 1. The van der Waals surface area contributed by atoms with Crippen molar-refractivity contribution >= 4 is 17.4 Å². The first-order chi connectivity index (χ1) is 9.06. The highest BCUT2D eigenvalue weighted by Crippen LogP contribution is 2.35. The summed E-state index contributed by atoms with van der Waals surface area (Å²) in [6.45, 7) is 6.13. The standard InChI is InChI=1S/C15H19NO3/c1-4-13(17)11-6-7-14-12(8-11)16(15(18)5-2)9-10(3)19-14/h6-8,10H,4-5,9H2,1-3H3. The Morgan fingerprint density at radius 2 is 2.05 bits per heavy atom. The molecule has 0 spiro atoms. The van der Waals surface area contributed by atoms with Crippen LogP contribution in [0, 0.1) is 0 Å². The first kappa shape index (κ1) is 13.6. The maximum Gasteiger partial charge on any atom is 0.226 e. The minimum atomic E-state index is -0.0317. The SMILES string of the molecule is CCC(=O)c1ccc2c(c1)N(C(=O)CC)CC(C)O2. The molecule has 102 valence electrons. The molecular weight excluding hydrogens is 242 g/mol. The van der Waals surface area contributed by atoms with Gasteiger partial charge in [-0.15, -0.1) is 0 Å². The summed E-state index contributed by atoms with van der Waals surface area (Å²) in [6.07, 6.45) is 0.867. The normalized spacial score (nSPS) is 17.6. The van der Waals surface area contributed by atoms with Gasteiger partial charge in [-0.05, 0) is 25.1 Å². The predicted molar refractivity (Wildman–Crippen MR) is 73.8 cm³/mol. The zero-order valence-corrected chi connectivity index (χ0v) is 11.6. The molecule has 2 rings (SSSR count). The van der Waals surface area contributed by atoms with Crippen LogP contribution in [0.25, 0.3) is 0 Å². The van der Waals surface area contributed by atoms with Gasteiger partial charge < -0.3 is 9.64 Å². The Bertz CT molecular complexity index is 510. The van der Waals surface area contributed by atoms with Crippen molar-refractivity contribution in [2.24, 2.45) is 0 Å². The molecule has 0 aliphatic carbocycles. The van der Waals surface area contributed by atoms with Crippen LogP contribution in [0.2, 0.25) is 0 Å². The molecule has 19 heavy (non-hydrogen) atoms. The Labute approximate surface area is 113 Å². The Hall–Kier alpha value is -1.84. The van der Waals surface area contributed by atoms with Crippen molar-refractivity contribution < 1.29 is 14.3 Å². The number of hydrogen-bond donors (Lipinski definition) is 0. The Kier molecular flexibility index (Phi) is 3.88. The molecule has 4 heteroatoms. The third-order valence-electron chi connectivity index (χ3n) is 3.26. The van der Waals surface area contributed by atoms with Gasteiger partial charge in [0.25, 0.3) is 0 Å². The maximum atomic E-state index is 12.0. The van der Waals surface area contributed by atoms with Crippen molar-refractivity contribution in [3.63, 3.8) is 0 Å². The van der Waals surface area contributed by atoms with Crippen LogP contribution in [-0.4, -0.2) is 24.3 Å². The summed E-state index contributed by atoms with van der Waals surface area (Å²) in [5.41, 5.74) is 1.34. The molecule has 1 atom stereocenters. The molecule has 4 nitrogen and oxygen atoms in total. The van der Waals surface area contributed by atoms with Crippen molar-refractivity contribution in [2.45, 2.75) is 39.7 Å². The van der Waals surface area contributed by atoms with Gasteiger partial charge in [0.05, 0.1) is 12.2 Å². The number of carbonyl (C=O) groups excluding carboxylic acids is 2. The number of carbonyl (C=O) groups is 2. The molecule has 1 amide bonds. The highest BCUT2D eigenvalue weighted by molar-refractivity contribution is 6.00. The molecule has 1 heterocycles. The number of rotatable bonds is 3. The topological polar surface area (TPSA) is 46.6 Å². The lowest BCUT2D eigenvalue weighted by Gasteiger charge is -2.33. The lowest BCUT2D eigenvalue weighted by molar-refractivity contribution is -0.118. The molecule has 1 aromatic carbocycles. The fourth-order valence-corrected chi connectivity index (χ4v) is 2.24. The number of anilines is 1. The van der Waals surface area contributed by atoms with Crippen LogP contribution in [0.15, 0.2) is 18.2 Å². The van der Waals surface area contributed by atoms with Crippen molar-refractivity contribution in [1.29, 1.82) is 0 Å². The minimum Gasteiger partial charge on any atom is -0.487 e. The summed E-state index contributed by atoms with van der Waals surface area (Å²) in [7, 11) is 0. The van der Waals surface area contributed by atoms with Crippen molar-refractivity contribution in [3.05, 3.63) is 23.8 Å². The van der Waals surface area contributed by atoms with Gasteiger partial charge in [0.1, 0.15) is 11.9 Å². The van der Waals surface area contributed by atoms with Crippen LogP contribution in [0.1, 0.15) is 44.0 Å². The second-order valence-electron chi connectivity index (χ2n) is 4.75. The first-order valence-electron chi connectivity index (χ1n) is 6.71. The molecule has 1 unspecified atom stereocenters. The van der Waals surface area contributed by atoms with E-state index in [0.29, 0.717) is 36.4 Å². The van der Waals surface area contributed by atoms with Gasteiger partial charge in [-0.2, -0.15) is 0 Å². The van der Waals surface area contributed by atoms with Gasteiger partial charge in [-0.1, -0.05) is 13.8 Å². The highest BCUT2D eigenvalue weighted by atomic mass is 16.5. The smallest absolute Gasteiger partial charge is 0.226 e. The molecule has 0 aromatic heterocycles. The van der Waals surface area contributed by atoms with Crippen molar-refractivity contribution in [3.8, 4) is 5.75 Å². The first-order valence-corrected chi connectivity index (χ1v) is 6.71. The molecule has 0 N–H and O–H groups in total. The quantitative estimate of drug-likeness (QED) is 0.786. The maximum absolute atomic E-state index is 12.0. The zero-order chi connectivity index (χ0) is 14.0. The number of Topliss-reactive ketones (excluding diaryl/α,β-unsaturated/α-hetero) is 1. The molecule has 1 aromatic rings. The van der Waals surface area contributed by atoms with Crippen LogP contribution in [0.5, 0.6) is 5.75 Å². The van der Waals surface area contributed by atoms with E-state index in [1.54, 1.807) is 23.1 Å². The predicted octanol–water partition coefficient (Wildman–Crippen LogP) is 2.80. The van der Waals surface area contributed by atoms with E-state index in [1.165, 1.54) is 0 Å². The summed E-state index contributed by atoms with van der Waals surface area (Å²) in [5.74, 6) is 0.802. The molecule has 0 radical (unpaired) electrons. The molecule has 0 saturated carbocycles. The van der Waals surface area contributed by atoms with E-state index in [4.69, 9.17) is 4.74 Å². The largest absolute Gasteiger partial charge is 0.487 e. The second kappa shape index (κ2) is 5.43. The number of fused-ring (bicyclic) bond motifs is 1. The number of benzene rings is 1. The Balaban J connectivity index is 2.44. The molecule has 0 saturated heterocycles. The molecule has 1 aliphatic rings. The van der Waals surface area contributed by atoms with Crippen LogP contribution in [0.4, 0.5) is 5.69 Å². The fourth-order valence-electron chi connectivity index (χ4n) is 2.24. The third-order valence-corrected chi connectivity index (χ3v) is 3.26. The van der Waals surface area contributed by atoms with Crippen molar-refractivity contribution in [1.82, 2.24) is 0 Å². The fraction of sp³-hybridized carbons (Fsp3) is 0.467. The van der Waals surface area contributed by atoms with E-state index in [1.807, 2.05) is 20.8 Å². The lowest BCUT2D eigenvalue weighted by Crippen LogP contribution is -2.42. The van der Waals surface area contributed by atoms with E-state index in [-0.39, 0.29) is 17.8 Å². The van der Waals surface area contributed by atoms with Gasteiger partial charge in [0.2, 0.25) is 5.91 Å². The van der Waals surface area contributed by atoms with Gasteiger partial charge in [-0.3, -0.25) is 9.59 Å². The van der Waals surface area contributed by atoms with Gasteiger partial charge in [0.15, 0.2) is 5.78 Å². The van der Waals surface area contributed by atoms with E-state index in [0.717, 1.165) is 0 Å². The summed E-state index contributed by atoms with van der Waals surface area (Å²) < 4.78 is 5.72. The van der Waals surface area contributed by atoms with Gasteiger partial charge >= 0.3 is 0 Å². The van der Waals surface area contributed by atoms with Crippen LogP contribution in [0.3, 0.4) is 0 Å². The lowest BCUT2D eigenvalue weighted by atomic mass is 10.1. The third kappa shape index (κ3) is 2.62. The van der Waals surface area contributed by atoms with Crippen LogP contribution < -0.4 is 9.64 Å². The van der Waals surface area contributed by atoms with Gasteiger partial charge in [-0.25, -0.2) is 0 Å². The van der Waals surface area contributed by atoms with Crippen LogP contribution >= 0.6 is 0 Å². The number of nitrogens with zero attached hydrogens (tertiary/aromatic N) is 1. The summed E-state index contributed by atoms with van der Waals surface area (Å²) in [6, 6.07) is 5.31. The van der Waals surface area contributed by atoms with E-state index in [9.17, 15) is 9.59 Å². The van der Waals surface area contributed by atoms with Crippen molar-refractivity contribution in [2.75, 3.05) is 11.4 Å². The summed E-state index contributed by atoms with van der Waals surface area (Å²) >= 11 is 0. The number of hydrogen-bond acceptors (Lipinski definition) is 3. The molecule has 0 fully saturated rings. The summed E-state index contributed by atoms with van der Waals surface area (Å²) in [5, 5.41) is 0. The number of amides is 1. The van der Waals surface area contributed by atoms with Gasteiger partial charge in [0, 0.05) is 18.4 Å². The number of ether oxygens (including phenoxy) is 1. The van der Waals surface area contributed by atoms with E-state index < -0.39 is 0 Å². The minimum absolute atomic E-state index is 0.0317.